The molecule has 1 aliphatic rings. The molecule has 0 bridgehead atoms. The molecular weight excluding hydrogens is 328 g/mol. The van der Waals surface area contributed by atoms with Crippen LogP contribution in [0.4, 0.5) is 0 Å². The van der Waals surface area contributed by atoms with Gasteiger partial charge in [0, 0.05) is 13.2 Å². The lowest BCUT2D eigenvalue weighted by atomic mass is 10.1. The van der Waals surface area contributed by atoms with Crippen molar-refractivity contribution in [1.29, 1.82) is 5.26 Å². The van der Waals surface area contributed by atoms with Crippen LogP contribution in [0.1, 0.15) is 28.9 Å². The maximum Gasteiger partial charge on any atom is 0.225 e. The molecule has 3 aromatic rings. The highest BCUT2D eigenvalue weighted by Crippen LogP contribution is 2.30. The Labute approximate surface area is 150 Å². The van der Waals surface area contributed by atoms with Crippen molar-refractivity contribution < 1.29 is 4.79 Å². The Hall–Kier alpha value is -3.40. The number of nitrogens with zero attached hydrogens (tertiary/aromatic N) is 5. The Morgan fingerprint density at radius 2 is 2.23 bits per heavy atom. The summed E-state index contributed by atoms with van der Waals surface area (Å²) in [5, 5.41) is 13.8. The SMILES string of the molecule is Cn1cc(C#N)cc1-c1nc(CC(N)=O)nn1-c1cccc2c1CCC2. The number of nitrogens with two attached hydrogens (primary N) is 1. The Morgan fingerprint density at radius 1 is 1.38 bits per heavy atom. The maximum absolute atomic E-state index is 11.4. The van der Waals surface area contributed by atoms with Gasteiger partial charge in [0.25, 0.3) is 0 Å². The van der Waals surface area contributed by atoms with Crippen molar-refractivity contribution in [3.05, 3.63) is 53.0 Å². The third-order valence-corrected chi connectivity index (χ3v) is 4.70. The van der Waals surface area contributed by atoms with Crippen molar-refractivity contribution in [2.24, 2.45) is 12.8 Å². The van der Waals surface area contributed by atoms with E-state index in [4.69, 9.17) is 5.73 Å². The van der Waals surface area contributed by atoms with E-state index in [-0.39, 0.29) is 6.42 Å². The lowest BCUT2D eigenvalue weighted by molar-refractivity contribution is -0.117. The average Bonchev–Trinajstić information content (AvgIpc) is 3.31. The molecule has 130 valence electrons. The van der Waals surface area contributed by atoms with E-state index in [1.165, 1.54) is 11.1 Å². The lowest BCUT2D eigenvalue weighted by Crippen LogP contribution is -2.14. The summed E-state index contributed by atoms with van der Waals surface area (Å²) in [5.41, 5.74) is 10.2. The number of hydrogen-bond donors (Lipinski definition) is 1. The fourth-order valence-electron chi connectivity index (χ4n) is 3.57. The van der Waals surface area contributed by atoms with Crippen LogP contribution in [-0.4, -0.2) is 25.2 Å². The van der Waals surface area contributed by atoms with Crippen LogP contribution in [-0.2, 0) is 31.1 Å². The van der Waals surface area contributed by atoms with Gasteiger partial charge in [-0.1, -0.05) is 12.1 Å². The standard InChI is InChI=1S/C19H18N6O/c1-24-11-12(10-20)8-16(24)19-22-18(9-17(21)26)23-25(19)15-7-3-5-13-4-2-6-14(13)15/h3,5,7-8,11H,2,4,6,9H2,1H3,(H2,21,26). The number of primary amides is 1. The number of carbonyl (C=O) groups is 1. The van der Waals surface area contributed by atoms with Gasteiger partial charge in [-0.15, -0.1) is 0 Å². The summed E-state index contributed by atoms with van der Waals surface area (Å²) >= 11 is 0. The van der Waals surface area contributed by atoms with Crippen molar-refractivity contribution in [2.75, 3.05) is 0 Å². The summed E-state index contributed by atoms with van der Waals surface area (Å²) < 4.78 is 3.62. The zero-order valence-electron chi connectivity index (χ0n) is 14.4. The molecule has 1 aromatic carbocycles. The lowest BCUT2D eigenvalue weighted by Gasteiger charge is -2.11. The van der Waals surface area contributed by atoms with E-state index in [0.717, 1.165) is 30.6 Å². The summed E-state index contributed by atoms with van der Waals surface area (Å²) in [6.45, 7) is 0. The maximum atomic E-state index is 11.4. The number of carbonyl (C=O) groups excluding carboxylic acids is 1. The molecule has 2 N–H and O–H groups in total. The van der Waals surface area contributed by atoms with Gasteiger partial charge in [0.15, 0.2) is 11.6 Å². The second-order valence-electron chi connectivity index (χ2n) is 6.51. The first-order chi connectivity index (χ1) is 12.6. The molecule has 2 heterocycles. The van der Waals surface area contributed by atoms with E-state index in [2.05, 4.69) is 22.2 Å². The van der Waals surface area contributed by atoms with Crippen LogP contribution >= 0.6 is 0 Å². The molecule has 0 fully saturated rings. The summed E-state index contributed by atoms with van der Waals surface area (Å²) in [6.07, 6.45) is 4.89. The second kappa shape index (κ2) is 6.15. The van der Waals surface area contributed by atoms with Crippen LogP contribution < -0.4 is 5.73 Å². The molecule has 0 atom stereocenters. The number of aryl methyl sites for hydroxylation is 2. The number of fused-ring (bicyclic) bond motifs is 1. The molecule has 0 unspecified atom stereocenters. The Kier molecular flexibility index (Phi) is 3.81. The average molecular weight is 346 g/mol. The van der Waals surface area contributed by atoms with Gasteiger partial charge < -0.3 is 10.3 Å². The molecule has 0 radical (unpaired) electrons. The Morgan fingerprint density at radius 3 is 2.96 bits per heavy atom. The Bertz CT molecular complexity index is 1050. The summed E-state index contributed by atoms with van der Waals surface area (Å²) in [7, 11) is 1.86. The molecule has 1 amide bonds. The van der Waals surface area contributed by atoms with Gasteiger partial charge in [-0.2, -0.15) is 10.4 Å². The summed E-state index contributed by atoms with van der Waals surface area (Å²) in [5.74, 6) is 0.505. The number of aromatic nitrogens is 4. The normalized spacial score (nSPS) is 12.8. The number of hydrogen-bond acceptors (Lipinski definition) is 4. The van der Waals surface area contributed by atoms with Crippen molar-refractivity contribution >= 4 is 5.91 Å². The predicted molar refractivity (Wildman–Crippen MR) is 95.4 cm³/mol. The molecular formula is C19H18N6O. The first-order valence-electron chi connectivity index (χ1n) is 8.49. The van der Waals surface area contributed by atoms with Crippen molar-refractivity contribution in [3.63, 3.8) is 0 Å². The highest BCUT2D eigenvalue weighted by atomic mass is 16.1. The molecule has 2 aromatic heterocycles. The number of nitriles is 1. The van der Waals surface area contributed by atoms with Gasteiger partial charge in [-0.3, -0.25) is 4.79 Å². The fraction of sp³-hybridized carbons (Fsp3) is 0.263. The fourth-order valence-corrected chi connectivity index (χ4v) is 3.57. The third kappa shape index (κ3) is 2.65. The zero-order chi connectivity index (χ0) is 18.3. The number of rotatable bonds is 4. The van der Waals surface area contributed by atoms with E-state index in [1.54, 1.807) is 16.9 Å². The third-order valence-electron chi connectivity index (χ3n) is 4.70. The van der Waals surface area contributed by atoms with Crippen LogP contribution in [0.5, 0.6) is 0 Å². The largest absolute Gasteiger partial charge is 0.369 e. The minimum absolute atomic E-state index is 0.0233. The van der Waals surface area contributed by atoms with Crippen LogP contribution in [0, 0.1) is 11.3 Å². The highest BCUT2D eigenvalue weighted by molar-refractivity contribution is 5.76. The molecule has 0 spiro atoms. The van der Waals surface area contributed by atoms with Crippen LogP contribution in [0.25, 0.3) is 17.2 Å². The van der Waals surface area contributed by atoms with E-state index in [0.29, 0.717) is 17.2 Å². The molecule has 7 heteroatoms. The first kappa shape index (κ1) is 16.1. The topological polar surface area (TPSA) is 103 Å². The molecule has 4 rings (SSSR count). The first-order valence-corrected chi connectivity index (χ1v) is 8.49. The Balaban J connectivity index is 1.92. The summed E-state index contributed by atoms with van der Waals surface area (Å²) in [6, 6.07) is 10.1. The monoisotopic (exact) mass is 346 g/mol. The molecule has 1 aliphatic carbocycles. The molecule has 0 saturated carbocycles. The summed E-state index contributed by atoms with van der Waals surface area (Å²) in [4.78, 5) is 15.9. The van der Waals surface area contributed by atoms with Crippen LogP contribution in [0.3, 0.4) is 0 Å². The van der Waals surface area contributed by atoms with Crippen LogP contribution in [0.15, 0.2) is 30.5 Å². The van der Waals surface area contributed by atoms with E-state index >= 15 is 0 Å². The van der Waals surface area contributed by atoms with Crippen molar-refractivity contribution in [3.8, 4) is 23.3 Å². The van der Waals surface area contributed by atoms with Gasteiger partial charge in [0.2, 0.25) is 5.91 Å². The zero-order valence-corrected chi connectivity index (χ0v) is 14.4. The predicted octanol–water partition coefficient (Wildman–Crippen LogP) is 1.66. The number of amides is 1. The molecule has 26 heavy (non-hydrogen) atoms. The van der Waals surface area contributed by atoms with Crippen molar-refractivity contribution in [2.45, 2.75) is 25.7 Å². The van der Waals surface area contributed by atoms with E-state index in [1.807, 2.05) is 23.7 Å². The van der Waals surface area contributed by atoms with Gasteiger partial charge in [-0.25, -0.2) is 9.67 Å². The number of benzene rings is 1. The van der Waals surface area contributed by atoms with Gasteiger partial charge >= 0.3 is 0 Å². The molecule has 7 nitrogen and oxygen atoms in total. The van der Waals surface area contributed by atoms with Crippen LogP contribution in [0.2, 0.25) is 0 Å². The van der Waals surface area contributed by atoms with E-state index < -0.39 is 5.91 Å². The van der Waals surface area contributed by atoms with E-state index in [9.17, 15) is 10.1 Å². The second-order valence-corrected chi connectivity index (χ2v) is 6.51. The van der Waals surface area contributed by atoms with Gasteiger partial charge in [0.05, 0.1) is 23.4 Å². The van der Waals surface area contributed by atoms with Gasteiger partial charge in [0.1, 0.15) is 6.07 Å². The van der Waals surface area contributed by atoms with Crippen molar-refractivity contribution in [1.82, 2.24) is 19.3 Å². The molecule has 0 aliphatic heterocycles. The minimum Gasteiger partial charge on any atom is -0.369 e. The smallest absolute Gasteiger partial charge is 0.225 e. The van der Waals surface area contributed by atoms with Gasteiger partial charge in [-0.05, 0) is 42.5 Å². The minimum atomic E-state index is -0.475. The highest BCUT2D eigenvalue weighted by Gasteiger charge is 2.22. The quantitative estimate of drug-likeness (QED) is 0.776. The molecule has 0 saturated heterocycles.